The largest absolute Gasteiger partial charge is 0.338 e. The van der Waals surface area contributed by atoms with Crippen LogP contribution in [-0.2, 0) is 11.3 Å². The van der Waals surface area contributed by atoms with E-state index in [1.165, 1.54) is 30.5 Å². The minimum Gasteiger partial charge on any atom is -0.338 e. The van der Waals surface area contributed by atoms with Gasteiger partial charge in [0.25, 0.3) is 0 Å². The van der Waals surface area contributed by atoms with Gasteiger partial charge in [-0.2, -0.15) is 0 Å². The third-order valence-corrected chi connectivity index (χ3v) is 4.12. The van der Waals surface area contributed by atoms with Crippen LogP contribution in [0.25, 0.3) is 10.9 Å². The lowest BCUT2D eigenvalue weighted by atomic mass is 10.2. The molecule has 0 fully saturated rings. The number of fused-ring (bicyclic) bond motifs is 1. The summed E-state index contributed by atoms with van der Waals surface area (Å²) < 4.78 is 14.9. The number of anilines is 1. The summed E-state index contributed by atoms with van der Waals surface area (Å²) in [4.78, 5) is 24.1. The van der Waals surface area contributed by atoms with Crippen LogP contribution >= 0.6 is 11.6 Å². The molecule has 0 atom stereocenters. The lowest BCUT2D eigenvalue weighted by Gasteiger charge is -2.11. The molecular formula is C18H14ClFN2O2. The molecule has 0 unspecified atom stereocenters. The van der Waals surface area contributed by atoms with Crippen molar-refractivity contribution >= 4 is 34.1 Å². The fourth-order valence-electron chi connectivity index (χ4n) is 2.45. The van der Waals surface area contributed by atoms with Crippen LogP contribution in [0.4, 0.5) is 10.1 Å². The van der Waals surface area contributed by atoms with Gasteiger partial charge in [0.15, 0.2) is 5.43 Å². The Bertz CT molecular complexity index is 998. The van der Waals surface area contributed by atoms with E-state index in [0.717, 1.165) is 5.56 Å². The SMILES string of the molecule is Cc1ccc(NC(=O)Cn2ccc(=O)c3cc(F)ccc32)cc1Cl. The van der Waals surface area contributed by atoms with Gasteiger partial charge in [-0.3, -0.25) is 9.59 Å². The molecule has 1 aromatic heterocycles. The van der Waals surface area contributed by atoms with E-state index in [-0.39, 0.29) is 23.3 Å². The van der Waals surface area contributed by atoms with Gasteiger partial charge in [0.2, 0.25) is 5.91 Å². The Morgan fingerprint density at radius 3 is 2.75 bits per heavy atom. The lowest BCUT2D eigenvalue weighted by Crippen LogP contribution is -2.20. The van der Waals surface area contributed by atoms with Gasteiger partial charge < -0.3 is 9.88 Å². The van der Waals surface area contributed by atoms with Crippen molar-refractivity contribution in [1.82, 2.24) is 4.57 Å². The summed E-state index contributed by atoms with van der Waals surface area (Å²) in [6, 6.07) is 10.5. The van der Waals surface area contributed by atoms with E-state index < -0.39 is 5.82 Å². The van der Waals surface area contributed by atoms with Crippen LogP contribution in [-0.4, -0.2) is 10.5 Å². The third kappa shape index (κ3) is 3.31. The fraction of sp³-hybridized carbons (Fsp3) is 0.111. The Labute approximate surface area is 142 Å². The summed E-state index contributed by atoms with van der Waals surface area (Å²) in [7, 11) is 0. The van der Waals surface area contributed by atoms with Crippen molar-refractivity contribution in [2.75, 3.05) is 5.32 Å². The van der Waals surface area contributed by atoms with Crippen LogP contribution in [0.2, 0.25) is 5.02 Å². The van der Waals surface area contributed by atoms with E-state index in [2.05, 4.69) is 5.32 Å². The summed E-state index contributed by atoms with van der Waals surface area (Å²) in [5, 5.41) is 3.56. The standard InChI is InChI=1S/C18H14ClFN2O2/c1-11-2-4-13(9-15(11)19)21-18(24)10-22-7-6-17(23)14-8-12(20)3-5-16(14)22/h2-9H,10H2,1H3,(H,21,24). The van der Waals surface area contributed by atoms with E-state index >= 15 is 0 Å². The van der Waals surface area contributed by atoms with Gasteiger partial charge in [-0.25, -0.2) is 4.39 Å². The van der Waals surface area contributed by atoms with Crippen molar-refractivity contribution in [3.8, 4) is 0 Å². The summed E-state index contributed by atoms with van der Waals surface area (Å²) in [5.41, 5.74) is 1.72. The predicted molar refractivity (Wildman–Crippen MR) is 93.0 cm³/mol. The fourth-order valence-corrected chi connectivity index (χ4v) is 2.63. The number of nitrogens with one attached hydrogen (secondary N) is 1. The number of amides is 1. The quantitative estimate of drug-likeness (QED) is 0.787. The average Bonchev–Trinajstić information content (AvgIpc) is 2.54. The highest BCUT2D eigenvalue weighted by atomic mass is 35.5. The Morgan fingerprint density at radius 1 is 1.21 bits per heavy atom. The summed E-state index contributed by atoms with van der Waals surface area (Å²) >= 11 is 6.04. The third-order valence-electron chi connectivity index (χ3n) is 3.71. The molecule has 0 saturated carbocycles. The van der Waals surface area contributed by atoms with Gasteiger partial charge in [-0.15, -0.1) is 0 Å². The molecule has 24 heavy (non-hydrogen) atoms. The molecule has 0 aliphatic carbocycles. The molecule has 0 bridgehead atoms. The Morgan fingerprint density at radius 2 is 2.00 bits per heavy atom. The molecule has 1 amide bonds. The monoisotopic (exact) mass is 344 g/mol. The second-order valence-electron chi connectivity index (χ2n) is 5.48. The zero-order valence-corrected chi connectivity index (χ0v) is 13.6. The van der Waals surface area contributed by atoms with Gasteiger partial charge >= 0.3 is 0 Å². The summed E-state index contributed by atoms with van der Waals surface area (Å²) in [5.74, 6) is -0.764. The van der Waals surface area contributed by atoms with Gasteiger partial charge in [0, 0.05) is 28.4 Å². The van der Waals surface area contributed by atoms with E-state index in [0.29, 0.717) is 16.2 Å². The first-order valence-corrected chi connectivity index (χ1v) is 7.66. The van der Waals surface area contributed by atoms with Crippen LogP contribution in [0.3, 0.4) is 0 Å². The number of hydrogen-bond donors (Lipinski definition) is 1. The van der Waals surface area contributed by atoms with Crippen molar-refractivity contribution in [3.63, 3.8) is 0 Å². The van der Waals surface area contributed by atoms with Crippen molar-refractivity contribution in [3.05, 3.63) is 75.3 Å². The van der Waals surface area contributed by atoms with Crippen molar-refractivity contribution in [1.29, 1.82) is 0 Å². The number of hydrogen-bond acceptors (Lipinski definition) is 2. The van der Waals surface area contributed by atoms with Gasteiger partial charge in [0.1, 0.15) is 12.4 Å². The van der Waals surface area contributed by atoms with Crippen LogP contribution in [0.5, 0.6) is 0 Å². The second kappa shape index (κ2) is 6.45. The summed E-state index contributed by atoms with van der Waals surface area (Å²) in [6.45, 7) is 1.87. The number of carbonyl (C=O) groups excluding carboxylic acids is 1. The molecule has 4 nitrogen and oxygen atoms in total. The minimum absolute atomic E-state index is 0.00604. The normalized spacial score (nSPS) is 10.8. The molecule has 1 heterocycles. The molecular weight excluding hydrogens is 331 g/mol. The van der Waals surface area contributed by atoms with E-state index in [1.54, 1.807) is 16.7 Å². The molecule has 0 aliphatic heterocycles. The van der Waals surface area contributed by atoms with E-state index in [1.807, 2.05) is 13.0 Å². The molecule has 1 N–H and O–H groups in total. The first kappa shape index (κ1) is 16.2. The first-order valence-electron chi connectivity index (χ1n) is 7.29. The molecule has 3 aromatic rings. The van der Waals surface area contributed by atoms with Crippen LogP contribution in [0.1, 0.15) is 5.56 Å². The van der Waals surface area contributed by atoms with Crippen LogP contribution in [0.15, 0.2) is 53.5 Å². The van der Waals surface area contributed by atoms with Crippen molar-refractivity contribution in [2.45, 2.75) is 13.5 Å². The molecule has 6 heteroatoms. The number of benzene rings is 2. The maximum Gasteiger partial charge on any atom is 0.244 e. The molecule has 2 aromatic carbocycles. The predicted octanol–water partition coefficient (Wildman–Crippen LogP) is 3.74. The van der Waals surface area contributed by atoms with E-state index in [4.69, 9.17) is 11.6 Å². The van der Waals surface area contributed by atoms with E-state index in [9.17, 15) is 14.0 Å². The number of aryl methyl sites for hydroxylation is 1. The lowest BCUT2D eigenvalue weighted by molar-refractivity contribution is -0.116. The number of aromatic nitrogens is 1. The maximum atomic E-state index is 13.3. The summed E-state index contributed by atoms with van der Waals surface area (Å²) in [6.07, 6.45) is 1.52. The maximum absolute atomic E-state index is 13.3. The number of rotatable bonds is 3. The highest BCUT2D eigenvalue weighted by Gasteiger charge is 2.09. The number of halogens is 2. The highest BCUT2D eigenvalue weighted by Crippen LogP contribution is 2.20. The zero-order valence-electron chi connectivity index (χ0n) is 12.8. The van der Waals surface area contributed by atoms with Crippen LogP contribution < -0.4 is 10.7 Å². The average molecular weight is 345 g/mol. The molecule has 0 saturated heterocycles. The van der Waals surface area contributed by atoms with Crippen molar-refractivity contribution in [2.24, 2.45) is 0 Å². The molecule has 0 radical (unpaired) electrons. The number of nitrogens with zero attached hydrogens (tertiary/aromatic N) is 1. The zero-order chi connectivity index (χ0) is 17.3. The molecule has 122 valence electrons. The highest BCUT2D eigenvalue weighted by molar-refractivity contribution is 6.31. The van der Waals surface area contributed by atoms with Gasteiger partial charge in [-0.05, 0) is 42.8 Å². The Kier molecular flexibility index (Phi) is 4.36. The molecule has 0 spiro atoms. The molecule has 0 aliphatic rings. The second-order valence-corrected chi connectivity index (χ2v) is 5.89. The topological polar surface area (TPSA) is 51.1 Å². The van der Waals surface area contributed by atoms with Crippen molar-refractivity contribution < 1.29 is 9.18 Å². The Balaban J connectivity index is 1.87. The van der Waals surface area contributed by atoms with Gasteiger partial charge in [-0.1, -0.05) is 17.7 Å². The smallest absolute Gasteiger partial charge is 0.244 e. The minimum atomic E-state index is -0.490. The van der Waals surface area contributed by atoms with Gasteiger partial charge in [0.05, 0.1) is 5.52 Å². The Hall–Kier alpha value is -2.66. The van der Waals surface area contributed by atoms with Crippen LogP contribution in [0, 0.1) is 12.7 Å². The molecule has 3 rings (SSSR count). The number of carbonyl (C=O) groups is 1. The number of pyridine rings is 1. The first-order chi connectivity index (χ1) is 11.4.